The van der Waals surface area contributed by atoms with Crippen molar-refractivity contribution < 1.29 is 0 Å². The lowest BCUT2D eigenvalue weighted by Gasteiger charge is -2.18. The second-order valence-corrected chi connectivity index (χ2v) is 12.2. The molecule has 230 valence electrons. The first-order valence-electron chi connectivity index (χ1n) is 16.2. The minimum atomic E-state index is 0.335. The average Bonchev–Trinajstić information content (AvgIpc) is 3.70. The standard InChI is InChI=1S/C45H25N5/c1-47-39-24-23-34(45(44(39)48-2)50-41-16-7-3-12-35(41)36-13-4-8-17-42(36)50)32-11-9-10-31(27-32)30-19-21-33(22-20-30)49-40-15-6-5-14-37(40)38-26-29(28-46)18-25-43(38)49/h3-27H. The van der Waals surface area contributed by atoms with Crippen LogP contribution in [-0.2, 0) is 0 Å². The van der Waals surface area contributed by atoms with E-state index in [-0.39, 0.29) is 0 Å². The van der Waals surface area contributed by atoms with Crippen molar-refractivity contribution in [3.8, 4) is 39.7 Å². The number of nitriles is 1. The first kappa shape index (κ1) is 28.8. The Labute approximate surface area is 288 Å². The Morgan fingerprint density at radius 1 is 0.480 bits per heavy atom. The highest BCUT2D eigenvalue weighted by atomic mass is 15.0. The molecule has 7 aromatic carbocycles. The molecular weight excluding hydrogens is 611 g/mol. The third kappa shape index (κ3) is 4.31. The first-order valence-corrected chi connectivity index (χ1v) is 16.2. The fourth-order valence-electron chi connectivity index (χ4n) is 7.38. The normalized spacial score (nSPS) is 11.1. The third-order valence-electron chi connectivity index (χ3n) is 9.60. The van der Waals surface area contributed by atoms with Crippen LogP contribution in [0.5, 0.6) is 0 Å². The van der Waals surface area contributed by atoms with Crippen LogP contribution >= 0.6 is 0 Å². The Morgan fingerprint density at radius 2 is 1.08 bits per heavy atom. The largest absolute Gasteiger partial charge is 0.320 e. The van der Waals surface area contributed by atoms with E-state index < -0.39 is 0 Å². The van der Waals surface area contributed by atoms with Gasteiger partial charge in [-0.1, -0.05) is 97.1 Å². The summed E-state index contributed by atoms with van der Waals surface area (Å²) in [6.07, 6.45) is 0. The van der Waals surface area contributed by atoms with Crippen molar-refractivity contribution in [1.82, 2.24) is 9.13 Å². The molecule has 0 saturated heterocycles. The Morgan fingerprint density at radius 3 is 1.72 bits per heavy atom. The number of rotatable bonds is 4. The highest BCUT2D eigenvalue weighted by Crippen LogP contribution is 2.45. The van der Waals surface area contributed by atoms with Crippen LogP contribution in [-0.4, -0.2) is 9.13 Å². The summed E-state index contributed by atoms with van der Waals surface area (Å²) in [5.41, 5.74) is 11.1. The SMILES string of the molecule is [C-]#[N+]c1ccc(-c2cccc(-c3ccc(-n4c5ccccc5c5cc(C#N)ccc54)cc3)c2)c(-n2c3ccccc3c3ccccc32)c1[N+]#[C-]. The molecule has 0 aliphatic rings. The van der Waals surface area contributed by atoms with E-state index in [1.807, 2.05) is 66.7 Å². The van der Waals surface area contributed by atoms with E-state index in [4.69, 9.17) is 13.1 Å². The number of aromatic nitrogens is 2. The highest BCUT2D eigenvalue weighted by molar-refractivity contribution is 6.11. The van der Waals surface area contributed by atoms with Gasteiger partial charge in [-0.3, -0.25) is 4.85 Å². The van der Waals surface area contributed by atoms with Gasteiger partial charge in [0.25, 0.3) is 0 Å². The van der Waals surface area contributed by atoms with Gasteiger partial charge in [-0.2, -0.15) is 5.26 Å². The van der Waals surface area contributed by atoms with Gasteiger partial charge in [0.15, 0.2) is 5.69 Å². The summed E-state index contributed by atoms with van der Waals surface area (Å²) >= 11 is 0. The summed E-state index contributed by atoms with van der Waals surface area (Å²) in [4.78, 5) is 7.72. The first-order chi connectivity index (χ1) is 24.7. The molecule has 0 amide bonds. The van der Waals surface area contributed by atoms with Crippen LogP contribution < -0.4 is 0 Å². The van der Waals surface area contributed by atoms with E-state index in [0.29, 0.717) is 22.6 Å². The van der Waals surface area contributed by atoms with Gasteiger partial charge in [-0.05, 0) is 76.9 Å². The van der Waals surface area contributed by atoms with Crippen molar-refractivity contribution in [2.75, 3.05) is 0 Å². The Kier molecular flexibility index (Phi) is 6.56. The zero-order valence-corrected chi connectivity index (χ0v) is 26.7. The Hall–Kier alpha value is -7.39. The van der Waals surface area contributed by atoms with Gasteiger partial charge in [0.2, 0.25) is 5.69 Å². The lowest BCUT2D eigenvalue weighted by molar-refractivity contribution is 1.18. The lowest BCUT2D eigenvalue weighted by Crippen LogP contribution is -1.98. The summed E-state index contributed by atoms with van der Waals surface area (Å²) in [6, 6.07) is 53.6. The van der Waals surface area contributed by atoms with Gasteiger partial charge in [0.05, 0.1) is 46.8 Å². The number of hydrogen-bond acceptors (Lipinski definition) is 1. The molecule has 0 spiro atoms. The van der Waals surface area contributed by atoms with Crippen LogP contribution in [0.4, 0.5) is 11.4 Å². The van der Waals surface area contributed by atoms with Crippen LogP contribution in [0.15, 0.2) is 152 Å². The second-order valence-electron chi connectivity index (χ2n) is 12.2. The van der Waals surface area contributed by atoms with Crippen LogP contribution in [0, 0.1) is 24.5 Å². The zero-order chi connectivity index (χ0) is 33.8. The van der Waals surface area contributed by atoms with Gasteiger partial charge in [0, 0.05) is 32.9 Å². The van der Waals surface area contributed by atoms with Crippen molar-refractivity contribution in [3.05, 3.63) is 180 Å². The van der Waals surface area contributed by atoms with E-state index >= 15 is 0 Å². The van der Waals surface area contributed by atoms with Crippen molar-refractivity contribution in [2.45, 2.75) is 0 Å². The number of nitrogens with zero attached hydrogens (tertiary/aromatic N) is 5. The molecule has 2 aromatic heterocycles. The maximum Gasteiger partial charge on any atom is 0.218 e. The number of hydrogen-bond donors (Lipinski definition) is 0. The van der Waals surface area contributed by atoms with Gasteiger partial charge < -0.3 is 9.13 Å². The van der Waals surface area contributed by atoms with E-state index in [1.165, 1.54) is 0 Å². The molecule has 0 radical (unpaired) electrons. The maximum absolute atomic E-state index is 9.54. The molecule has 5 heteroatoms. The molecule has 50 heavy (non-hydrogen) atoms. The lowest BCUT2D eigenvalue weighted by atomic mass is 9.96. The van der Waals surface area contributed by atoms with Crippen LogP contribution in [0.1, 0.15) is 5.56 Å². The maximum atomic E-state index is 9.54. The molecule has 0 bridgehead atoms. The third-order valence-corrected chi connectivity index (χ3v) is 9.60. The average molecular weight is 636 g/mol. The quantitative estimate of drug-likeness (QED) is 0.177. The molecule has 5 nitrogen and oxygen atoms in total. The van der Waals surface area contributed by atoms with E-state index in [1.54, 1.807) is 6.07 Å². The number of fused-ring (bicyclic) bond motifs is 6. The van der Waals surface area contributed by atoms with Crippen molar-refractivity contribution in [2.24, 2.45) is 0 Å². The predicted molar refractivity (Wildman–Crippen MR) is 203 cm³/mol. The minimum absolute atomic E-state index is 0.335. The summed E-state index contributed by atoms with van der Waals surface area (Å²) in [5.74, 6) is 0. The monoisotopic (exact) mass is 635 g/mol. The summed E-state index contributed by atoms with van der Waals surface area (Å²) in [6.45, 7) is 16.1. The highest BCUT2D eigenvalue weighted by Gasteiger charge is 2.21. The Bertz CT molecular complexity index is 2900. The predicted octanol–water partition coefficient (Wildman–Crippen LogP) is 12.2. The van der Waals surface area contributed by atoms with E-state index in [9.17, 15) is 5.26 Å². The van der Waals surface area contributed by atoms with E-state index in [2.05, 4.69) is 104 Å². The van der Waals surface area contributed by atoms with Crippen LogP contribution in [0.3, 0.4) is 0 Å². The van der Waals surface area contributed by atoms with Crippen LogP contribution in [0.25, 0.3) is 86.9 Å². The molecule has 0 atom stereocenters. The summed E-state index contributed by atoms with van der Waals surface area (Å²) < 4.78 is 4.39. The fourth-order valence-corrected chi connectivity index (χ4v) is 7.38. The number of benzene rings is 7. The molecule has 0 unspecified atom stereocenters. The van der Waals surface area contributed by atoms with Crippen molar-refractivity contribution in [3.63, 3.8) is 0 Å². The van der Waals surface area contributed by atoms with Gasteiger partial charge >= 0.3 is 0 Å². The van der Waals surface area contributed by atoms with Gasteiger partial charge in [0.1, 0.15) is 0 Å². The molecule has 9 aromatic rings. The molecular formula is C45H25N5. The molecule has 0 fully saturated rings. The minimum Gasteiger partial charge on any atom is -0.320 e. The van der Waals surface area contributed by atoms with Crippen molar-refractivity contribution >= 4 is 55.0 Å². The smallest absolute Gasteiger partial charge is 0.218 e. The molecule has 9 rings (SSSR count). The second kappa shape index (κ2) is 11.4. The van der Waals surface area contributed by atoms with Crippen molar-refractivity contribution in [1.29, 1.82) is 5.26 Å². The number of para-hydroxylation sites is 3. The Balaban J connectivity index is 1.20. The van der Waals surface area contributed by atoms with Gasteiger partial charge in [-0.15, -0.1) is 0 Å². The molecule has 0 aliphatic carbocycles. The molecule has 0 saturated carbocycles. The zero-order valence-electron chi connectivity index (χ0n) is 26.7. The summed E-state index contributed by atoms with van der Waals surface area (Å²) in [5, 5.41) is 13.9. The molecule has 0 N–H and O–H groups in total. The molecule has 0 aliphatic heterocycles. The van der Waals surface area contributed by atoms with Crippen LogP contribution in [0.2, 0.25) is 0 Å². The fraction of sp³-hybridized carbons (Fsp3) is 0. The topological polar surface area (TPSA) is 42.4 Å². The summed E-state index contributed by atoms with van der Waals surface area (Å²) in [7, 11) is 0. The van der Waals surface area contributed by atoms with Gasteiger partial charge in [-0.25, -0.2) is 4.85 Å². The molecule has 2 heterocycles. The van der Waals surface area contributed by atoms with E-state index in [0.717, 1.165) is 71.6 Å².